The number of piperazine rings is 1. The predicted molar refractivity (Wildman–Crippen MR) is 80.2 cm³/mol. The van der Waals surface area contributed by atoms with Crippen LogP contribution in [-0.2, 0) is 0 Å². The van der Waals surface area contributed by atoms with Crippen molar-refractivity contribution >= 4 is 12.4 Å². The first-order chi connectivity index (χ1) is 8.89. The maximum atomic E-state index is 14.1. The molecule has 0 amide bonds. The first-order valence-electron chi connectivity index (χ1n) is 6.79. The van der Waals surface area contributed by atoms with E-state index < -0.39 is 0 Å². The normalized spacial score (nSPS) is 18.4. The highest BCUT2D eigenvalue weighted by atomic mass is 35.5. The minimum absolute atomic E-state index is 0. The monoisotopic (exact) mass is 304 g/mol. The molecule has 1 aromatic carbocycles. The summed E-state index contributed by atoms with van der Waals surface area (Å²) in [6.07, 6.45) is 0. The van der Waals surface area contributed by atoms with Gasteiger partial charge in [-0.15, -0.1) is 12.4 Å². The lowest BCUT2D eigenvalue weighted by Crippen LogP contribution is -2.48. The Hall–Kier alpha value is -0.710. The van der Waals surface area contributed by atoms with Crippen molar-refractivity contribution in [3.63, 3.8) is 0 Å². The van der Waals surface area contributed by atoms with Gasteiger partial charge in [-0.2, -0.15) is 0 Å². The van der Waals surface area contributed by atoms with Crippen molar-refractivity contribution in [3.8, 4) is 0 Å². The molecule has 1 atom stereocenters. The van der Waals surface area contributed by atoms with Crippen LogP contribution in [0.1, 0.15) is 32.4 Å². The minimum Gasteiger partial charge on any atom is -0.314 e. The highest BCUT2D eigenvalue weighted by Gasteiger charge is 2.34. The van der Waals surface area contributed by atoms with Gasteiger partial charge >= 0.3 is 0 Å². The molecular formula is C15H23ClF2N2. The number of hydrogen-bond donors (Lipinski definition) is 1. The molecule has 2 rings (SSSR count). The Labute approximate surface area is 126 Å². The Morgan fingerprint density at radius 1 is 1.15 bits per heavy atom. The van der Waals surface area contributed by atoms with Gasteiger partial charge in [0.05, 0.1) is 0 Å². The number of nitrogens with zero attached hydrogens (tertiary/aromatic N) is 1. The van der Waals surface area contributed by atoms with Gasteiger partial charge in [-0.25, -0.2) is 8.78 Å². The molecule has 1 saturated heterocycles. The largest absolute Gasteiger partial charge is 0.314 e. The van der Waals surface area contributed by atoms with Crippen LogP contribution in [0.2, 0.25) is 0 Å². The van der Waals surface area contributed by atoms with E-state index in [4.69, 9.17) is 0 Å². The Bertz CT molecular complexity index is 440. The van der Waals surface area contributed by atoms with Crippen LogP contribution in [0.3, 0.4) is 0 Å². The molecule has 1 aliphatic rings. The van der Waals surface area contributed by atoms with Gasteiger partial charge in [-0.3, -0.25) is 4.90 Å². The molecule has 1 heterocycles. The van der Waals surface area contributed by atoms with Crippen molar-refractivity contribution in [1.82, 2.24) is 10.2 Å². The van der Waals surface area contributed by atoms with Gasteiger partial charge in [0.1, 0.15) is 11.6 Å². The molecule has 1 aliphatic heterocycles. The molecule has 0 bridgehead atoms. The SMILES string of the molecule is CC(C)(C)[C@H](c1cc(F)ccc1F)N1CCNCC1.Cl. The van der Waals surface area contributed by atoms with E-state index in [0.717, 1.165) is 26.2 Å². The summed E-state index contributed by atoms with van der Waals surface area (Å²) in [5.74, 6) is -0.694. The molecule has 0 spiro atoms. The summed E-state index contributed by atoms with van der Waals surface area (Å²) in [5.41, 5.74) is 0.320. The van der Waals surface area contributed by atoms with E-state index in [1.807, 2.05) is 0 Å². The molecule has 0 unspecified atom stereocenters. The van der Waals surface area contributed by atoms with Gasteiger partial charge < -0.3 is 5.32 Å². The fraction of sp³-hybridized carbons (Fsp3) is 0.600. The quantitative estimate of drug-likeness (QED) is 0.901. The molecule has 20 heavy (non-hydrogen) atoms. The van der Waals surface area contributed by atoms with Crippen LogP contribution in [0, 0.1) is 17.0 Å². The molecule has 0 radical (unpaired) electrons. The van der Waals surface area contributed by atoms with Crippen molar-refractivity contribution in [1.29, 1.82) is 0 Å². The molecular weight excluding hydrogens is 282 g/mol. The standard InChI is InChI=1S/C15H22F2N2.ClH/c1-15(2,3)14(19-8-6-18-7-9-19)12-10-11(16)4-5-13(12)17;/h4-5,10,14,18H,6-9H2,1-3H3;1H/t14-;/m0./s1. The summed E-state index contributed by atoms with van der Waals surface area (Å²) in [4.78, 5) is 2.24. The van der Waals surface area contributed by atoms with E-state index >= 15 is 0 Å². The van der Waals surface area contributed by atoms with Crippen molar-refractivity contribution in [2.45, 2.75) is 26.8 Å². The number of hydrogen-bond acceptors (Lipinski definition) is 2. The Morgan fingerprint density at radius 2 is 1.75 bits per heavy atom. The lowest BCUT2D eigenvalue weighted by atomic mass is 9.80. The van der Waals surface area contributed by atoms with Gasteiger partial charge in [0, 0.05) is 37.8 Å². The van der Waals surface area contributed by atoms with E-state index in [2.05, 4.69) is 31.0 Å². The highest BCUT2D eigenvalue weighted by Crippen LogP contribution is 2.39. The molecule has 0 saturated carbocycles. The van der Waals surface area contributed by atoms with Gasteiger partial charge in [-0.05, 0) is 23.6 Å². The van der Waals surface area contributed by atoms with E-state index in [-0.39, 0.29) is 35.5 Å². The Kier molecular flexibility index (Phi) is 5.92. The molecule has 1 aromatic rings. The molecule has 1 N–H and O–H groups in total. The van der Waals surface area contributed by atoms with E-state index in [1.165, 1.54) is 18.2 Å². The average molecular weight is 305 g/mol. The first-order valence-corrected chi connectivity index (χ1v) is 6.79. The van der Waals surface area contributed by atoms with Crippen LogP contribution in [0.15, 0.2) is 18.2 Å². The zero-order chi connectivity index (χ0) is 14.0. The molecule has 0 aliphatic carbocycles. The summed E-state index contributed by atoms with van der Waals surface area (Å²) in [7, 11) is 0. The molecule has 2 nitrogen and oxygen atoms in total. The zero-order valence-corrected chi connectivity index (χ0v) is 13.1. The van der Waals surface area contributed by atoms with Crippen molar-refractivity contribution in [3.05, 3.63) is 35.4 Å². The smallest absolute Gasteiger partial charge is 0.128 e. The second-order valence-electron chi connectivity index (χ2n) is 6.22. The summed E-state index contributed by atoms with van der Waals surface area (Å²) in [5, 5.41) is 3.29. The lowest BCUT2D eigenvalue weighted by Gasteiger charge is -2.42. The molecule has 1 fully saturated rings. The first kappa shape index (κ1) is 17.3. The fourth-order valence-corrected chi connectivity index (χ4v) is 2.88. The van der Waals surface area contributed by atoms with Gasteiger partial charge in [0.25, 0.3) is 0 Å². The summed E-state index contributed by atoms with van der Waals surface area (Å²) in [6.45, 7) is 9.72. The second kappa shape index (κ2) is 6.83. The van der Waals surface area contributed by atoms with Crippen LogP contribution < -0.4 is 5.32 Å². The second-order valence-corrected chi connectivity index (χ2v) is 6.22. The predicted octanol–water partition coefficient (Wildman–Crippen LogP) is 3.38. The van der Waals surface area contributed by atoms with Crippen molar-refractivity contribution in [2.24, 2.45) is 5.41 Å². The minimum atomic E-state index is -0.374. The van der Waals surface area contributed by atoms with Crippen LogP contribution in [0.25, 0.3) is 0 Å². The maximum absolute atomic E-state index is 14.1. The van der Waals surface area contributed by atoms with E-state index in [0.29, 0.717) is 5.56 Å². The topological polar surface area (TPSA) is 15.3 Å². The molecule has 114 valence electrons. The average Bonchev–Trinajstić information content (AvgIpc) is 2.33. The third-order valence-electron chi connectivity index (χ3n) is 3.59. The Balaban J connectivity index is 0.00000200. The van der Waals surface area contributed by atoms with Crippen LogP contribution in [0.5, 0.6) is 0 Å². The zero-order valence-electron chi connectivity index (χ0n) is 12.2. The molecule has 0 aromatic heterocycles. The fourth-order valence-electron chi connectivity index (χ4n) is 2.88. The Morgan fingerprint density at radius 3 is 2.30 bits per heavy atom. The number of benzene rings is 1. The summed E-state index contributed by atoms with van der Waals surface area (Å²) < 4.78 is 27.6. The number of rotatable bonds is 2. The van der Waals surface area contributed by atoms with E-state index in [1.54, 1.807) is 0 Å². The van der Waals surface area contributed by atoms with Gasteiger partial charge in [-0.1, -0.05) is 20.8 Å². The van der Waals surface area contributed by atoms with Crippen molar-refractivity contribution < 1.29 is 8.78 Å². The van der Waals surface area contributed by atoms with Crippen molar-refractivity contribution in [2.75, 3.05) is 26.2 Å². The summed E-state index contributed by atoms with van der Waals surface area (Å²) >= 11 is 0. The van der Waals surface area contributed by atoms with E-state index in [9.17, 15) is 8.78 Å². The number of nitrogens with one attached hydrogen (secondary N) is 1. The number of halogens is 3. The third-order valence-corrected chi connectivity index (χ3v) is 3.59. The highest BCUT2D eigenvalue weighted by molar-refractivity contribution is 5.85. The van der Waals surface area contributed by atoms with Crippen LogP contribution in [-0.4, -0.2) is 31.1 Å². The van der Waals surface area contributed by atoms with Gasteiger partial charge in [0.15, 0.2) is 0 Å². The summed E-state index contributed by atoms with van der Waals surface area (Å²) in [6, 6.07) is 3.64. The van der Waals surface area contributed by atoms with Gasteiger partial charge in [0.2, 0.25) is 0 Å². The van der Waals surface area contributed by atoms with Crippen LogP contribution in [0.4, 0.5) is 8.78 Å². The third kappa shape index (κ3) is 3.90. The lowest BCUT2D eigenvalue weighted by molar-refractivity contribution is 0.0832. The maximum Gasteiger partial charge on any atom is 0.128 e. The van der Waals surface area contributed by atoms with Crippen LogP contribution >= 0.6 is 12.4 Å². The molecule has 5 heteroatoms.